The first-order valence-corrected chi connectivity index (χ1v) is 4.05. The number of nitrogens with zero attached hydrogens (tertiary/aromatic N) is 1. The molecular weight excluding hydrogens is 165 g/mol. The number of rotatable bonds is 3. The Labute approximate surface area is 78.5 Å². The number of aryl methyl sites for hydroxylation is 1. The lowest BCUT2D eigenvalue weighted by atomic mass is 10.1. The van der Waals surface area contributed by atoms with Gasteiger partial charge in [0.1, 0.15) is 5.69 Å². The van der Waals surface area contributed by atoms with Crippen LogP contribution in [0.2, 0.25) is 6.32 Å². The molecule has 5 heteroatoms. The van der Waals surface area contributed by atoms with Crippen molar-refractivity contribution in [2.75, 3.05) is 12.3 Å². The number of hydrogen-bond donors (Lipinski definition) is 2. The van der Waals surface area contributed by atoms with Gasteiger partial charge in [-0.3, -0.25) is 4.79 Å². The van der Waals surface area contributed by atoms with Gasteiger partial charge in [0.25, 0.3) is 5.91 Å². The summed E-state index contributed by atoms with van der Waals surface area (Å²) in [6.45, 7) is 0.476. The second-order valence-electron chi connectivity index (χ2n) is 2.81. The highest BCUT2D eigenvalue weighted by Gasteiger charge is 2.08. The van der Waals surface area contributed by atoms with Gasteiger partial charge in [-0.05, 0) is 6.07 Å². The van der Waals surface area contributed by atoms with Crippen LogP contribution in [0.5, 0.6) is 0 Å². The normalized spacial score (nSPS) is 9.92. The minimum Gasteiger partial charge on any atom is -0.397 e. The topological polar surface area (TPSA) is 60.1 Å². The summed E-state index contributed by atoms with van der Waals surface area (Å²) in [5, 5.41) is 2.66. The second kappa shape index (κ2) is 4.02. The lowest BCUT2D eigenvalue weighted by Gasteiger charge is -2.03. The molecule has 0 fully saturated rings. The highest BCUT2D eigenvalue weighted by molar-refractivity contribution is 6.08. The van der Waals surface area contributed by atoms with E-state index < -0.39 is 0 Å². The van der Waals surface area contributed by atoms with E-state index in [4.69, 9.17) is 13.6 Å². The van der Waals surface area contributed by atoms with Crippen molar-refractivity contribution in [3.63, 3.8) is 0 Å². The summed E-state index contributed by atoms with van der Waals surface area (Å²) >= 11 is 0. The molecule has 2 radical (unpaired) electrons. The van der Waals surface area contributed by atoms with Gasteiger partial charge in [0.05, 0.1) is 13.5 Å². The number of carbonyl (C=O) groups excluding carboxylic acids is 1. The lowest BCUT2D eigenvalue weighted by Crippen LogP contribution is -2.25. The van der Waals surface area contributed by atoms with Crippen LogP contribution in [0.25, 0.3) is 0 Å². The van der Waals surface area contributed by atoms with Crippen molar-refractivity contribution in [1.82, 2.24) is 9.88 Å². The van der Waals surface area contributed by atoms with E-state index in [-0.39, 0.29) is 5.91 Å². The predicted octanol–water partition coefficient (Wildman–Crippen LogP) is -0.0761. The number of nitrogens with one attached hydrogen (secondary N) is 1. The van der Waals surface area contributed by atoms with Crippen molar-refractivity contribution in [2.45, 2.75) is 6.32 Å². The average Bonchev–Trinajstić information content (AvgIpc) is 2.41. The molecule has 0 bridgehead atoms. The Bertz CT molecular complexity index is 308. The largest absolute Gasteiger partial charge is 0.397 e. The zero-order valence-corrected chi connectivity index (χ0v) is 7.58. The fourth-order valence-electron chi connectivity index (χ4n) is 1.09. The van der Waals surface area contributed by atoms with E-state index in [1.807, 2.05) is 0 Å². The number of nitrogens with two attached hydrogens (primary N) is 1. The summed E-state index contributed by atoms with van der Waals surface area (Å²) in [5.41, 5.74) is 6.65. The van der Waals surface area contributed by atoms with Gasteiger partial charge in [-0.2, -0.15) is 0 Å². The van der Waals surface area contributed by atoms with Crippen LogP contribution in [0.15, 0.2) is 12.3 Å². The first-order chi connectivity index (χ1) is 6.15. The Balaban J connectivity index is 2.70. The number of nitrogen functional groups attached to an aromatic ring is 1. The van der Waals surface area contributed by atoms with Crippen molar-refractivity contribution < 1.29 is 4.79 Å². The maximum atomic E-state index is 11.4. The predicted molar refractivity (Wildman–Crippen MR) is 52.7 cm³/mol. The van der Waals surface area contributed by atoms with E-state index in [9.17, 15) is 4.79 Å². The summed E-state index contributed by atoms with van der Waals surface area (Å²) in [6.07, 6.45) is 2.13. The van der Waals surface area contributed by atoms with E-state index in [2.05, 4.69) is 5.32 Å². The minimum absolute atomic E-state index is 0.148. The van der Waals surface area contributed by atoms with Gasteiger partial charge in [-0.25, -0.2) is 0 Å². The monoisotopic (exact) mass is 177 g/mol. The molecular formula is C8H12BN3O. The first-order valence-electron chi connectivity index (χ1n) is 4.05. The molecule has 3 N–H and O–H groups in total. The van der Waals surface area contributed by atoms with Crippen LogP contribution in [0.4, 0.5) is 5.69 Å². The second-order valence-corrected chi connectivity index (χ2v) is 2.81. The molecule has 0 unspecified atom stereocenters. The zero-order valence-electron chi connectivity index (χ0n) is 7.58. The number of aromatic nitrogens is 1. The van der Waals surface area contributed by atoms with E-state index in [1.165, 1.54) is 0 Å². The fraction of sp³-hybridized carbons (Fsp3) is 0.375. The van der Waals surface area contributed by atoms with Crippen molar-refractivity contribution >= 4 is 19.4 Å². The molecule has 0 aromatic carbocycles. The van der Waals surface area contributed by atoms with Crippen molar-refractivity contribution in [3.8, 4) is 0 Å². The van der Waals surface area contributed by atoms with Gasteiger partial charge in [0.2, 0.25) is 0 Å². The molecule has 0 aliphatic heterocycles. The molecule has 1 aromatic heterocycles. The summed E-state index contributed by atoms with van der Waals surface area (Å²) < 4.78 is 1.68. The van der Waals surface area contributed by atoms with Crippen LogP contribution in [0, 0.1) is 0 Å². The van der Waals surface area contributed by atoms with Crippen LogP contribution in [-0.2, 0) is 7.05 Å². The Kier molecular flexibility index (Phi) is 3.00. The lowest BCUT2D eigenvalue weighted by molar-refractivity contribution is 0.0948. The Morgan fingerprint density at radius 2 is 2.46 bits per heavy atom. The molecule has 0 atom stereocenters. The van der Waals surface area contributed by atoms with Gasteiger partial charge < -0.3 is 15.6 Å². The maximum absolute atomic E-state index is 11.4. The summed E-state index contributed by atoms with van der Waals surface area (Å²) in [5.74, 6) is -0.148. The molecule has 13 heavy (non-hydrogen) atoms. The van der Waals surface area contributed by atoms with Crippen molar-refractivity contribution in [2.24, 2.45) is 7.05 Å². The van der Waals surface area contributed by atoms with Crippen LogP contribution >= 0.6 is 0 Å². The third kappa shape index (κ3) is 2.27. The molecule has 1 heterocycles. The fourth-order valence-corrected chi connectivity index (χ4v) is 1.09. The van der Waals surface area contributed by atoms with Gasteiger partial charge in [-0.15, -0.1) is 0 Å². The maximum Gasteiger partial charge on any atom is 0.267 e. The molecule has 1 aromatic rings. The van der Waals surface area contributed by atoms with E-state index in [1.54, 1.807) is 23.9 Å². The average molecular weight is 177 g/mol. The molecule has 68 valence electrons. The number of anilines is 1. The highest BCUT2D eigenvalue weighted by atomic mass is 16.1. The molecule has 0 saturated carbocycles. The molecule has 4 nitrogen and oxygen atoms in total. The van der Waals surface area contributed by atoms with Crippen molar-refractivity contribution in [3.05, 3.63) is 18.0 Å². The third-order valence-electron chi connectivity index (χ3n) is 1.69. The Morgan fingerprint density at radius 1 is 1.77 bits per heavy atom. The summed E-state index contributed by atoms with van der Waals surface area (Å²) in [4.78, 5) is 11.4. The molecule has 1 rings (SSSR count). The molecule has 0 saturated heterocycles. The van der Waals surface area contributed by atoms with E-state index >= 15 is 0 Å². The number of hydrogen-bond acceptors (Lipinski definition) is 2. The van der Waals surface area contributed by atoms with Gasteiger partial charge in [-0.1, -0.05) is 6.32 Å². The Morgan fingerprint density at radius 3 is 2.92 bits per heavy atom. The van der Waals surface area contributed by atoms with Crippen LogP contribution in [-0.4, -0.2) is 24.9 Å². The van der Waals surface area contributed by atoms with Crippen LogP contribution < -0.4 is 11.1 Å². The molecule has 0 aliphatic rings. The number of amides is 1. The summed E-state index contributed by atoms with van der Waals surface area (Å²) in [6, 6.07) is 1.63. The quantitative estimate of drug-likeness (QED) is 0.634. The zero-order chi connectivity index (χ0) is 9.84. The van der Waals surface area contributed by atoms with Gasteiger partial charge in [0.15, 0.2) is 0 Å². The number of carbonyl (C=O) groups is 1. The third-order valence-corrected chi connectivity index (χ3v) is 1.69. The Hall–Kier alpha value is -1.39. The minimum atomic E-state index is -0.148. The smallest absolute Gasteiger partial charge is 0.267 e. The van der Waals surface area contributed by atoms with Gasteiger partial charge in [0, 0.05) is 19.8 Å². The van der Waals surface area contributed by atoms with Gasteiger partial charge >= 0.3 is 0 Å². The standard InChI is InChI=1S/C8H12BN3O/c1-12-5-6(10)4-7(12)8(13)11-3-2-9/h4-5H,2-3,10H2,1H3,(H,11,13). The van der Waals surface area contributed by atoms with Crippen LogP contribution in [0.3, 0.4) is 0 Å². The molecule has 0 spiro atoms. The molecule has 0 aliphatic carbocycles. The van der Waals surface area contributed by atoms with Crippen molar-refractivity contribution in [1.29, 1.82) is 0 Å². The highest BCUT2D eigenvalue weighted by Crippen LogP contribution is 2.07. The SMILES string of the molecule is [B]CCNC(=O)c1cc(N)cn1C. The molecule has 1 amide bonds. The van der Waals surface area contributed by atoms with E-state index in [0.29, 0.717) is 24.2 Å². The van der Waals surface area contributed by atoms with Crippen LogP contribution in [0.1, 0.15) is 10.5 Å². The first kappa shape index (κ1) is 9.70. The van der Waals surface area contributed by atoms with E-state index in [0.717, 1.165) is 0 Å². The summed E-state index contributed by atoms with van der Waals surface area (Å²) in [7, 11) is 7.02.